The number of benzene rings is 2. The van der Waals surface area contributed by atoms with Crippen LogP contribution in [0.3, 0.4) is 0 Å². The zero-order chi connectivity index (χ0) is 18.5. The van der Waals surface area contributed by atoms with Crippen molar-refractivity contribution < 1.29 is 9.21 Å². The summed E-state index contributed by atoms with van der Waals surface area (Å²) in [5.41, 5.74) is 2.20. The van der Waals surface area contributed by atoms with Gasteiger partial charge < -0.3 is 9.32 Å². The molecule has 3 aromatic rings. The Balaban J connectivity index is 1.72. The fourth-order valence-corrected chi connectivity index (χ4v) is 2.82. The molecule has 0 atom stereocenters. The summed E-state index contributed by atoms with van der Waals surface area (Å²) in [6, 6.07) is 14.5. The van der Waals surface area contributed by atoms with Crippen LogP contribution in [0.5, 0.6) is 0 Å². The minimum absolute atomic E-state index is 0.0257. The van der Waals surface area contributed by atoms with Crippen molar-refractivity contribution >= 4 is 29.2 Å². The Bertz CT molecular complexity index is 889. The van der Waals surface area contributed by atoms with E-state index in [1.165, 1.54) is 0 Å². The molecule has 1 aromatic heterocycles. The number of hydrogen-bond acceptors (Lipinski definition) is 5. The molecule has 0 radical (unpaired) electrons. The van der Waals surface area contributed by atoms with E-state index in [2.05, 4.69) is 34.3 Å². The van der Waals surface area contributed by atoms with E-state index < -0.39 is 0 Å². The monoisotopic (exact) mass is 370 g/mol. The Morgan fingerprint density at radius 3 is 2.42 bits per heavy atom. The van der Waals surface area contributed by atoms with E-state index in [9.17, 15) is 4.79 Å². The molecule has 134 valence electrons. The van der Waals surface area contributed by atoms with Crippen molar-refractivity contribution in [1.29, 1.82) is 0 Å². The van der Waals surface area contributed by atoms with Gasteiger partial charge in [0.2, 0.25) is 0 Å². The molecular weight excluding hydrogens is 352 g/mol. The van der Waals surface area contributed by atoms with E-state index in [1.54, 1.807) is 24.3 Å². The predicted molar refractivity (Wildman–Crippen MR) is 103 cm³/mol. The van der Waals surface area contributed by atoms with E-state index in [-0.39, 0.29) is 17.8 Å². The third kappa shape index (κ3) is 3.86. The number of nitrogens with one attached hydrogen (secondary N) is 1. The van der Waals surface area contributed by atoms with E-state index in [4.69, 9.17) is 16.0 Å². The molecule has 26 heavy (non-hydrogen) atoms. The maximum absolute atomic E-state index is 12.4. The van der Waals surface area contributed by atoms with Crippen molar-refractivity contribution in [2.75, 3.05) is 23.3 Å². The highest BCUT2D eigenvalue weighted by molar-refractivity contribution is 6.33. The number of rotatable bonds is 6. The first-order valence-corrected chi connectivity index (χ1v) is 8.75. The van der Waals surface area contributed by atoms with Crippen molar-refractivity contribution in [2.45, 2.75) is 13.8 Å². The first-order chi connectivity index (χ1) is 12.6. The van der Waals surface area contributed by atoms with Crippen LogP contribution in [0.2, 0.25) is 5.02 Å². The molecule has 6 nitrogen and oxygen atoms in total. The lowest BCUT2D eigenvalue weighted by atomic mass is 10.2. The number of anilines is 2. The first kappa shape index (κ1) is 17.9. The molecule has 0 aliphatic carbocycles. The number of hydrogen-bond donors (Lipinski definition) is 1. The van der Waals surface area contributed by atoms with Crippen molar-refractivity contribution in [3.63, 3.8) is 0 Å². The number of aromatic nitrogens is 2. The molecule has 0 bridgehead atoms. The van der Waals surface area contributed by atoms with Crippen LogP contribution in [-0.2, 0) is 0 Å². The van der Waals surface area contributed by atoms with Gasteiger partial charge in [0.05, 0.1) is 10.6 Å². The van der Waals surface area contributed by atoms with Gasteiger partial charge in [0, 0.05) is 24.3 Å². The Morgan fingerprint density at radius 1 is 1.08 bits per heavy atom. The number of carbonyl (C=O) groups is 1. The first-order valence-electron chi connectivity index (χ1n) is 8.37. The molecule has 0 saturated heterocycles. The molecule has 0 saturated carbocycles. The number of carbonyl (C=O) groups excluding carboxylic acids is 1. The van der Waals surface area contributed by atoms with Gasteiger partial charge in [0.1, 0.15) is 0 Å². The molecule has 1 amide bonds. The van der Waals surface area contributed by atoms with Gasteiger partial charge in [0.15, 0.2) is 0 Å². The van der Waals surface area contributed by atoms with Crippen molar-refractivity contribution in [2.24, 2.45) is 0 Å². The molecular formula is C19H19ClN4O2. The van der Waals surface area contributed by atoms with Crippen LogP contribution in [0.1, 0.15) is 24.2 Å². The lowest BCUT2D eigenvalue weighted by molar-refractivity contribution is 0.102. The summed E-state index contributed by atoms with van der Waals surface area (Å²) in [6.45, 7) is 6.01. The van der Waals surface area contributed by atoms with Crippen LogP contribution in [0, 0.1) is 0 Å². The third-order valence-corrected chi connectivity index (χ3v) is 4.34. The van der Waals surface area contributed by atoms with E-state index in [0.717, 1.165) is 18.8 Å². The van der Waals surface area contributed by atoms with Crippen molar-refractivity contribution in [3.8, 4) is 11.5 Å². The standard InChI is InChI=1S/C19H19ClN4O2/c1-3-24(4-2)14-11-9-13(10-12-14)17(25)21-19-23-22-18(26-19)15-7-5-6-8-16(15)20/h5-12H,3-4H2,1-2H3,(H,21,23,25). The van der Waals surface area contributed by atoms with E-state index in [1.807, 2.05) is 24.3 Å². The summed E-state index contributed by atoms with van der Waals surface area (Å²) in [6.07, 6.45) is 0. The highest BCUT2D eigenvalue weighted by atomic mass is 35.5. The fraction of sp³-hybridized carbons (Fsp3) is 0.211. The van der Waals surface area contributed by atoms with Gasteiger partial charge in [-0.15, -0.1) is 5.10 Å². The Hall–Kier alpha value is -2.86. The second kappa shape index (κ2) is 8.01. The Labute approximate surface area is 156 Å². The minimum atomic E-state index is -0.314. The predicted octanol–water partition coefficient (Wildman–Crippen LogP) is 4.49. The zero-order valence-corrected chi connectivity index (χ0v) is 15.3. The molecule has 0 aliphatic rings. The van der Waals surface area contributed by atoms with Crippen LogP contribution in [0.25, 0.3) is 11.5 Å². The topological polar surface area (TPSA) is 71.3 Å². The summed E-state index contributed by atoms with van der Waals surface area (Å²) in [5, 5.41) is 10.9. The van der Waals surface area contributed by atoms with Crippen LogP contribution >= 0.6 is 11.6 Å². The van der Waals surface area contributed by atoms with Crippen LogP contribution < -0.4 is 10.2 Å². The van der Waals surface area contributed by atoms with Gasteiger partial charge in [-0.25, -0.2) is 0 Å². The van der Waals surface area contributed by atoms with Gasteiger partial charge in [-0.1, -0.05) is 28.8 Å². The number of amides is 1. The van der Waals surface area contributed by atoms with Crippen molar-refractivity contribution in [3.05, 3.63) is 59.1 Å². The average molecular weight is 371 g/mol. The highest BCUT2D eigenvalue weighted by Gasteiger charge is 2.14. The SMILES string of the molecule is CCN(CC)c1ccc(C(=O)Nc2nnc(-c3ccccc3Cl)o2)cc1. The lowest BCUT2D eigenvalue weighted by Crippen LogP contribution is -2.21. The van der Waals surface area contributed by atoms with Gasteiger partial charge in [0.25, 0.3) is 11.8 Å². The quantitative estimate of drug-likeness (QED) is 0.692. The molecule has 0 unspecified atom stereocenters. The summed E-state index contributed by atoms with van der Waals surface area (Å²) >= 11 is 6.11. The van der Waals surface area contributed by atoms with E-state index in [0.29, 0.717) is 16.1 Å². The summed E-state index contributed by atoms with van der Waals surface area (Å²) < 4.78 is 5.49. The lowest BCUT2D eigenvalue weighted by Gasteiger charge is -2.20. The van der Waals surface area contributed by atoms with Gasteiger partial charge in [-0.05, 0) is 50.2 Å². The third-order valence-electron chi connectivity index (χ3n) is 4.01. The maximum atomic E-state index is 12.4. The number of halogens is 1. The minimum Gasteiger partial charge on any atom is -0.403 e. The molecule has 0 aliphatic heterocycles. The summed E-state index contributed by atoms with van der Waals surface area (Å²) in [5.74, 6) is -0.0618. The molecule has 2 aromatic carbocycles. The second-order valence-corrected chi connectivity index (χ2v) is 5.97. The molecule has 0 spiro atoms. The van der Waals surface area contributed by atoms with Gasteiger partial charge in [-0.3, -0.25) is 10.1 Å². The Kier molecular flexibility index (Phi) is 5.53. The number of nitrogens with zero attached hydrogens (tertiary/aromatic N) is 3. The van der Waals surface area contributed by atoms with Crippen LogP contribution in [-0.4, -0.2) is 29.2 Å². The molecule has 7 heteroatoms. The van der Waals surface area contributed by atoms with Gasteiger partial charge in [-0.2, -0.15) is 0 Å². The highest BCUT2D eigenvalue weighted by Crippen LogP contribution is 2.27. The van der Waals surface area contributed by atoms with E-state index >= 15 is 0 Å². The summed E-state index contributed by atoms with van der Waals surface area (Å²) in [4.78, 5) is 14.6. The van der Waals surface area contributed by atoms with Crippen molar-refractivity contribution in [1.82, 2.24) is 10.2 Å². The molecule has 0 fully saturated rings. The zero-order valence-electron chi connectivity index (χ0n) is 14.6. The molecule has 3 rings (SSSR count). The van der Waals surface area contributed by atoms with Crippen LogP contribution in [0.15, 0.2) is 52.9 Å². The molecule has 1 N–H and O–H groups in total. The summed E-state index contributed by atoms with van der Waals surface area (Å²) in [7, 11) is 0. The Morgan fingerprint density at radius 2 is 1.77 bits per heavy atom. The molecule has 1 heterocycles. The second-order valence-electron chi connectivity index (χ2n) is 5.57. The fourth-order valence-electron chi connectivity index (χ4n) is 2.60. The van der Waals surface area contributed by atoms with Crippen LogP contribution in [0.4, 0.5) is 11.7 Å². The average Bonchev–Trinajstić information content (AvgIpc) is 3.12. The smallest absolute Gasteiger partial charge is 0.322 e. The largest absolute Gasteiger partial charge is 0.403 e. The normalized spacial score (nSPS) is 10.6. The maximum Gasteiger partial charge on any atom is 0.322 e. The van der Waals surface area contributed by atoms with Gasteiger partial charge >= 0.3 is 6.01 Å².